The van der Waals surface area contributed by atoms with E-state index in [1.807, 2.05) is 0 Å². The third-order valence-electron chi connectivity index (χ3n) is 3.87. The van der Waals surface area contributed by atoms with Gasteiger partial charge in [-0.3, -0.25) is 0 Å². The van der Waals surface area contributed by atoms with Crippen LogP contribution >= 0.6 is 0 Å². The fraction of sp³-hybridized carbons (Fsp3) is 1.00. The van der Waals surface area contributed by atoms with Crippen LogP contribution in [0.15, 0.2) is 0 Å². The van der Waals surface area contributed by atoms with E-state index < -0.39 is 0 Å². The lowest BCUT2D eigenvalue weighted by atomic mass is 9.69. The van der Waals surface area contributed by atoms with Crippen LogP contribution in [0.25, 0.3) is 0 Å². The second-order valence-electron chi connectivity index (χ2n) is 6.65. The SMILES string of the molecule is CNCC1(CCC(C)(C)C)CCCCC1. The minimum atomic E-state index is 0.498. The van der Waals surface area contributed by atoms with Crippen molar-refractivity contribution in [2.45, 2.75) is 65.7 Å². The average molecular weight is 211 g/mol. The van der Waals surface area contributed by atoms with Crippen molar-refractivity contribution < 1.29 is 0 Å². The first-order valence-electron chi connectivity index (χ1n) is 6.62. The van der Waals surface area contributed by atoms with Crippen LogP contribution in [0.4, 0.5) is 0 Å². The van der Waals surface area contributed by atoms with E-state index in [4.69, 9.17) is 0 Å². The first-order chi connectivity index (χ1) is 6.97. The molecule has 0 amide bonds. The molecule has 0 aliphatic heterocycles. The molecular weight excluding hydrogens is 182 g/mol. The second kappa shape index (κ2) is 5.34. The molecule has 0 atom stereocenters. The van der Waals surface area contributed by atoms with Gasteiger partial charge in [-0.05, 0) is 43.6 Å². The van der Waals surface area contributed by atoms with Gasteiger partial charge in [-0.2, -0.15) is 0 Å². The summed E-state index contributed by atoms with van der Waals surface area (Å²) in [7, 11) is 2.10. The molecule has 1 nitrogen and oxygen atoms in total. The molecule has 15 heavy (non-hydrogen) atoms. The molecule has 1 aliphatic carbocycles. The van der Waals surface area contributed by atoms with Gasteiger partial charge >= 0.3 is 0 Å². The number of hydrogen-bond donors (Lipinski definition) is 1. The third kappa shape index (κ3) is 4.55. The Labute approximate surface area is 96.0 Å². The van der Waals surface area contributed by atoms with E-state index in [0.29, 0.717) is 10.8 Å². The van der Waals surface area contributed by atoms with Gasteiger partial charge in [0.1, 0.15) is 0 Å². The van der Waals surface area contributed by atoms with Crippen LogP contribution in [-0.2, 0) is 0 Å². The highest BCUT2D eigenvalue weighted by atomic mass is 14.8. The standard InChI is InChI=1S/C14H29N/c1-13(2,3)10-11-14(12-15-4)8-6-5-7-9-14/h15H,5-12H2,1-4H3. The maximum atomic E-state index is 3.41. The van der Waals surface area contributed by atoms with Crippen molar-refractivity contribution in [1.82, 2.24) is 5.32 Å². The van der Waals surface area contributed by atoms with Gasteiger partial charge in [0.2, 0.25) is 0 Å². The molecule has 0 bridgehead atoms. The van der Waals surface area contributed by atoms with Gasteiger partial charge in [-0.15, -0.1) is 0 Å². The first kappa shape index (κ1) is 13.0. The molecule has 0 heterocycles. The molecule has 1 rings (SSSR count). The molecule has 1 saturated carbocycles. The average Bonchev–Trinajstić information content (AvgIpc) is 2.16. The van der Waals surface area contributed by atoms with Crippen molar-refractivity contribution in [3.8, 4) is 0 Å². The number of nitrogens with one attached hydrogen (secondary N) is 1. The van der Waals surface area contributed by atoms with Crippen molar-refractivity contribution in [3.05, 3.63) is 0 Å². The van der Waals surface area contributed by atoms with Gasteiger partial charge in [-0.25, -0.2) is 0 Å². The third-order valence-corrected chi connectivity index (χ3v) is 3.87. The Morgan fingerprint density at radius 2 is 1.67 bits per heavy atom. The molecule has 0 aromatic rings. The molecule has 0 aromatic heterocycles. The highest BCUT2D eigenvalue weighted by molar-refractivity contribution is 4.85. The molecule has 0 saturated heterocycles. The van der Waals surface area contributed by atoms with E-state index in [1.54, 1.807) is 0 Å². The zero-order valence-corrected chi connectivity index (χ0v) is 11.2. The summed E-state index contributed by atoms with van der Waals surface area (Å²) in [4.78, 5) is 0. The number of hydrogen-bond acceptors (Lipinski definition) is 1. The van der Waals surface area contributed by atoms with Crippen LogP contribution in [0, 0.1) is 10.8 Å². The van der Waals surface area contributed by atoms with Gasteiger partial charge in [0, 0.05) is 6.54 Å². The lowest BCUT2D eigenvalue weighted by Gasteiger charge is -2.39. The Morgan fingerprint density at radius 1 is 1.07 bits per heavy atom. The van der Waals surface area contributed by atoms with Gasteiger partial charge in [-0.1, -0.05) is 40.0 Å². The summed E-state index contributed by atoms with van der Waals surface area (Å²) in [6.45, 7) is 8.32. The largest absolute Gasteiger partial charge is 0.319 e. The highest BCUT2D eigenvalue weighted by Gasteiger charge is 2.32. The summed E-state index contributed by atoms with van der Waals surface area (Å²) in [5, 5.41) is 3.41. The predicted octanol–water partition coefficient (Wildman–Crippen LogP) is 3.98. The first-order valence-corrected chi connectivity index (χ1v) is 6.62. The van der Waals surface area contributed by atoms with E-state index in [-0.39, 0.29) is 0 Å². The summed E-state index contributed by atoms with van der Waals surface area (Å²) >= 11 is 0. The molecule has 0 spiro atoms. The Balaban J connectivity index is 2.48. The van der Waals surface area contributed by atoms with Gasteiger partial charge in [0.05, 0.1) is 0 Å². The zero-order valence-electron chi connectivity index (χ0n) is 11.2. The quantitative estimate of drug-likeness (QED) is 0.741. The topological polar surface area (TPSA) is 12.0 Å². The van der Waals surface area contributed by atoms with Crippen molar-refractivity contribution in [2.24, 2.45) is 10.8 Å². The molecule has 1 aliphatic rings. The summed E-state index contributed by atoms with van der Waals surface area (Å²) in [6.07, 6.45) is 10.0. The Bertz CT molecular complexity index is 167. The van der Waals surface area contributed by atoms with Gasteiger partial charge in [0.25, 0.3) is 0 Å². The molecule has 1 fully saturated rings. The zero-order chi connectivity index (χ0) is 11.4. The Morgan fingerprint density at radius 3 is 2.13 bits per heavy atom. The Kier molecular flexibility index (Phi) is 4.64. The van der Waals surface area contributed by atoms with Crippen LogP contribution in [0.3, 0.4) is 0 Å². The van der Waals surface area contributed by atoms with Crippen LogP contribution in [0.5, 0.6) is 0 Å². The maximum absolute atomic E-state index is 3.41. The van der Waals surface area contributed by atoms with Gasteiger partial charge in [0.15, 0.2) is 0 Å². The molecule has 0 aromatic carbocycles. The fourth-order valence-electron chi connectivity index (χ4n) is 2.83. The number of rotatable bonds is 4. The second-order valence-corrected chi connectivity index (χ2v) is 6.65. The van der Waals surface area contributed by atoms with Gasteiger partial charge < -0.3 is 5.32 Å². The lowest BCUT2D eigenvalue weighted by Crippen LogP contribution is -2.35. The molecule has 90 valence electrons. The fourth-order valence-corrected chi connectivity index (χ4v) is 2.83. The van der Waals surface area contributed by atoms with Crippen molar-refractivity contribution in [2.75, 3.05) is 13.6 Å². The van der Waals surface area contributed by atoms with Crippen molar-refractivity contribution >= 4 is 0 Å². The molecule has 1 heteroatoms. The summed E-state index contributed by atoms with van der Waals surface area (Å²) in [6, 6.07) is 0. The van der Waals surface area contributed by atoms with E-state index in [1.165, 1.54) is 51.5 Å². The lowest BCUT2D eigenvalue weighted by molar-refractivity contribution is 0.145. The maximum Gasteiger partial charge on any atom is 0.000481 e. The van der Waals surface area contributed by atoms with E-state index in [2.05, 4.69) is 33.1 Å². The normalized spacial score (nSPS) is 21.6. The molecule has 0 unspecified atom stereocenters. The monoisotopic (exact) mass is 211 g/mol. The summed E-state index contributed by atoms with van der Waals surface area (Å²) in [5.74, 6) is 0. The highest BCUT2D eigenvalue weighted by Crippen LogP contribution is 2.41. The Hall–Kier alpha value is -0.0400. The summed E-state index contributed by atoms with van der Waals surface area (Å²) < 4.78 is 0. The van der Waals surface area contributed by atoms with E-state index in [0.717, 1.165) is 0 Å². The minimum absolute atomic E-state index is 0.498. The van der Waals surface area contributed by atoms with Crippen LogP contribution < -0.4 is 5.32 Å². The van der Waals surface area contributed by atoms with Crippen LogP contribution in [0.1, 0.15) is 65.7 Å². The summed E-state index contributed by atoms with van der Waals surface area (Å²) in [5.41, 5.74) is 1.12. The van der Waals surface area contributed by atoms with E-state index in [9.17, 15) is 0 Å². The predicted molar refractivity (Wildman–Crippen MR) is 68.1 cm³/mol. The van der Waals surface area contributed by atoms with Crippen molar-refractivity contribution in [1.29, 1.82) is 0 Å². The molecule has 0 radical (unpaired) electrons. The molecule has 1 N–H and O–H groups in total. The smallest absolute Gasteiger partial charge is 0.000481 e. The molecular formula is C14H29N. The van der Waals surface area contributed by atoms with E-state index >= 15 is 0 Å². The van der Waals surface area contributed by atoms with Crippen LogP contribution in [-0.4, -0.2) is 13.6 Å². The van der Waals surface area contributed by atoms with Crippen molar-refractivity contribution in [3.63, 3.8) is 0 Å². The van der Waals surface area contributed by atoms with Crippen LogP contribution in [0.2, 0.25) is 0 Å². The minimum Gasteiger partial charge on any atom is -0.319 e.